The normalized spacial score (nSPS) is 18.0. The summed E-state index contributed by atoms with van der Waals surface area (Å²) in [4.78, 5) is 25.7. The van der Waals surface area contributed by atoms with Gasteiger partial charge in [0.05, 0.1) is 0 Å². The molecular formula is C17H29NO4. The summed E-state index contributed by atoms with van der Waals surface area (Å²) in [5, 5.41) is 0. The van der Waals surface area contributed by atoms with Crippen molar-refractivity contribution >= 4 is 12.1 Å². The molecular weight excluding hydrogens is 282 g/mol. The fourth-order valence-corrected chi connectivity index (χ4v) is 2.46. The number of likely N-dealkylation sites (tertiary alicyclic amines) is 1. The molecule has 0 saturated carbocycles. The number of piperidine rings is 1. The van der Waals surface area contributed by atoms with Gasteiger partial charge < -0.3 is 14.4 Å². The second-order valence-electron chi connectivity index (χ2n) is 7.36. The van der Waals surface area contributed by atoms with E-state index in [0.717, 1.165) is 0 Å². The van der Waals surface area contributed by atoms with Gasteiger partial charge in [-0.3, -0.25) is 0 Å². The summed E-state index contributed by atoms with van der Waals surface area (Å²) in [6, 6.07) is 0. The fraction of sp³-hybridized carbons (Fsp3) is 0.765. The van der Waals surface area contributed by atoms with Crippen LogP contribution in [0.5, 0.6) is 0 Å². The average Bonchev–Trinajstić information content (AvgIpc) is 2.36. The number of rotatable bonds is 3. The van der Waals surface area contributed by atoms with Crippen molar-refractivity contribution in [3.63, 3.8) is 0 Å². The molecule has 0 radical (unpaired) electrons. The standard InChI is InChI=1S/C17H29NO4/c1-12(2)14(19)21-17(13(3)4)8-10-18(11-9-17)15(20)22-16(5,6)7/h13H,1,8-11H2,2-7H3. The Balaban J connectivity index is 2.72. The third kappa shape index (κ3) is 4.75. The van der Waals surface area contributed by atoms with Gasteiger partial charge in [-0.05, 0) is 33.6 Å². The molecule has 1 heterocycles. The lowest BCUT2D eigenvalue weighted by Crippen LogP contribution is -2.52. The van der Waals surface area contributed by atoms with Gasteiger partial charge in [-0.2, -0.15) is 0 Å². The molecule has 0 aromatic rings. The third-order valence-electron chi connectivity index (χ3n) is 3.96. The van der Waals surface area contributed by atoms with Crippen LogP contribution in [0.15, 0.2) is 12.2 Å². The second kappa shape index (κ2) is 6.71. The number of hydrogen-bond donors (Lipinski definition) is 0. The number of nitrogens with zero attached hydrogens (tertiary/aromatic N) is 1. The summed E-state index contributed by atoms with van der Waals surface area (Å²) in [5.41, 5.74) is -0.639. The number of esters is 1. The molecule has 1 saturated heterocycles. The van der Waals surface area contributed by atoms with Crippen LogP contribution in [0.4, 0.5) is 4.79 Å². The van der Waals surface area contributed by atoms with Gasteiger partial charge in [0.25, 0.3) is 0 Å². The lowest BCUT2D eigenvalue weighted by Gasteiger charge is -2.43. The zero-order chi connectivity index (χ0) is 17.1. The molecule has 0 unspecified atom stereocenters. The summed E-state index contributed by atoms with van der Waals surface area (Å²) < 4.78 is 11.1. The van der Waals surface area contributed by atoms with Crippen molar-refractivity contribution in [1.29, 1.82) is 0 Å². The van der Waals surface area contributed by atoms with Crippen LogP contribution < -0.4 is 0 Å². The van der Waals surface area contributed by atoms with Crippen LogP contribution >= 0.6 is 0 Å². The molecule has 0 N–H and O–H groups in total. The van der Waals surface area contributed by atoms with Gasteiger partial charge in [0.2, 0.25) is 0 Å². The Labute approximate surface area is 133 Å². The Kier molecular flexibility index (Phi) is 5.65. The minimum atomic E-state index is -0.533. The van der Waals surface area contributed by atoms with E-state index in [2.05, 4.69) is 6.58 Å². The van der Waals surface area contributed by atoms with E-state index in [1.54, 1.807) is 11.8 Å². The molecule has 1 rings (SSSR count). The van der Waals surface area contributed by atoms with Crippen LogP contribution in [0.1, 0.15) is 54.4 Å². The number of hydrogen-bond acceptors (Lipinski definition) is 4. The van der Waals surface area contributed by atoms with Gasteiger partial charge in [0, 0.05) is 31.5 Å². The lowest BCUT2D eigenvalue weighted by atomic mass is 9.81. The number of carbonyl (C=O) groups excluding carboxylic acids is 2. The monoisotopic (exact) mass is 311 g/mol. The van der Waals surface area contributed by atoms with E-state index in [1.165, 1.54) is 0 Å². The number of amides is 1. The maximum absolute atomic E-state index is 12.1. The summed E-state index contributed by atoms with van der Waals surface area (Å²) in [6.45, 7) is 15.9. The smallest absolute Gasteiger partial charge is 0.410 e. The molecule has 0 spiro atoms. The number of carbonyl (C=O) groups is 2. The summed E-state index contributed by atoms with van der Waals surface area (Å²) >= 11 is 0. The molecule has 0 aliphatic carbocycles. The zero-order valence-corrected chi connectivity index (χ0v) is 14.7. The van der Waals surface area contributed by atoms with Gasteiger partial charge in [-0.25, -0.2) is 9.59 Å². The molecule has 1 aliphatic rings. The Hall–Kier alpha value is -1.52. The van der Waals surface area contributed by atoms with Gasteiger partial charge in [-0.15, -0.1) is 0 Å². The molecule has 0 atom stereocenters. The Morgan fingerprint density at radius 3 is 2.05 bits per heavy atom. The third-order valence-corrected chi connectivity index (χ3v) is 3.96. The SMILES string of the molecule is C=C(C)C(=O)OC1(C(C)C)CCN(C(=O)OC(C)(C)C)CC1. The van der Waals surface area contributed by atoms with Crippen LogP contribution in [0.25, 0.3) is 0 Å². The second-order valence-corrected chi connectivity index (χ2v) is 7.36. The minimum Gasteiger partial charge on any atom is -0.455 e. The van der Waals surface area contributed by atoms with E-state index >= 15 is 0 Å². The lowest BCUT2D eigenvalue weighted by molar-refractivity contribution is -0.166. The van der Waals surface area contributed by atoms with Crippen LogP contribution in [0, 0.1) is 5.92 Å². The minimum absolute atomic E-state index is 0.177. The molecule has 126 valence electrons. The van der Waals surface area contributed by atoms with Crippen LogP contribution in [0.3, 0.4) is 0 Å². The van der Waals surface area contributed by atoms with Gasteiger partial charge >= 0.3 is 12.1 Å². The van der Waals surface area contributed by atoms with Crippen LogP contribution in [-0.2, 0) is 14.3 Å². The van der Waals surface area contributed by atoms with Crippen molar-refractivity contribution < 1.29 is 19.1 Å². The molecule has 1 amide bonds. The van der Waals surface area contributed by atoms with Gasteiger partial charge in [0.15, 0.2) is 0 Å². The van der Waals surface area contributed by atoms with Crippen molar-refractivity contribution in [1.82, 2.24) is 4.90 Å². The van der Waals surface area contributed by atoms with Crippen molar-refractivity contribution in [2.24, 2.45) is 5.92 Å². The first-order valence-corrected chi connectivity index (χ1v) is 7.83. The first-order valence-electron chi connectivity index (χ1n) is 7.83. The highest BCUT2D eigenvalue weighted by molar-refractivity contribution is 5.87. The summed E-state index contributed by atoms with van der Waals surface area (Å²) in [7, 11) is 0. The molecule has 1 fully saturated rings. The fourth-order valence-electron chi connectivity index (χ4n) is 2.46. The highest BCUT2D eigenvalue weighted by Crippen LogP contribution is 2.34. The Bertz CT molecular complexity index is 440. The van der Waals surface area contributed by atoms with Crippen LogP contribution in [0.2, 0.25) is 0 Å². The predicted octanol–water partition coefficient (Wildman–Crippen LogP) is 3.53. The van der Waals surface area contributed by atoms with Gasteiger partial charge in [-0.1, -0.05) is 20.4 Å². The molecule has 0 bridgehead atoms. The van der Waals surface area contributed by atoms with E-state index in [4.69, 9.17) is 9.47 Å². The van der Waals surface area contributed by atoms with Crippen LogP contribution in [-0.4, -0.2) is 41.3 Å². The van der Waals surface area contributed by atoms with E-state index in [1.807, 2.05) is 34.6 Å². The quantitative estimate of drug-likeness (QED) is 0.591. The highest BCUT2D eigenvalue weighted by atomic mass is 16.6. The van der Waals surface area contributed by atoms with Crippen molar-refractivity contribution in [3.8, 4) is 0 Å². The molecule has 22 heavy (non-hydrogen) atoms. The van der Waals surface area contributed by atoms with Crippen molar-refractivity contribution in [2.75, 3.05) is 13.1 Å². The van der Waals surface area contributed by atoms with Crippen molar-refractivity contribution in [3.05, 3.63) is 12.2 Å². The highest BCUT2D eigenvalue weighted by Gasteiger charge is 2.42. The van der Waals surface area contributed by atoms with E-state index in [0.29, 0.717) is 31.5 Å². The molecule has 5 nitrogen and oxygen atoms in total. The molecule has 0 aromatic heterocycles. The predicted molar refractivity (Wildman–Crippen MR) is 85.5 cm³/mol. The first-order chi connectivity index (χ1) is 9.97. The zero-order valence-electron chi connectivity index (χ0n) is 14.7. The average molecular weight is 311 g/mol. The van der Waals surface area contributed by atoms with Crippen molar-refractivity contribution in [2.45, 2.75) is 65.6 Å². The van der Waals surface area contributed by atoms with E-state index in [-0.39, 0.29) is 18.0 Å². The summed E-state index contributed by atoms with van der Waals surface area (Å²) in [5.74, 6) is -0.184. The first kappa shape index (κ1) is 18.5. The Morgan fingerprint density at radius 2 is 1.68 bits per heavy atom. The van der Waals surface area contributed by atoms with E-state index < -0.39 is 11.2 Å². The molecule has 0 aromatic carbocycles. The van der Waals surface area contributed by atoms with Gasteiger partial charge in [0.1, 0.15) is 11.2 Å². The molecule has 5 heteroatoms. The maximum atomic E-state index is 12.1. The topological polar surface area (TPSA) is 55.8 Å². The largest absolute Gasteiger partial charge is 0.455 e. The summed E-state index contributed by atoms with van der Waals surface area (Å²) in [6.07, 6.45) is 0.919. The number of ether oxygens (including phenoxy) is 2. The Morgan fingerprint density at radius 1 is 1.18 bits per heavy atom. The maximum Gasteiger partial charge on any atom is 0.410 e. The molecule has 1 aliphatic heterocycles. The van der Waals surface area contributed by atoms with E-state index in [9.17, 15) is 9.59 Å².